The molecule has 3 rings (SSSR count). The van der Waals surface area contributed by atoms with Gasteiger partial charge in [0, 0.05) is 10.8 Å². The second-order valence-electron chi connectivity index (χ2n) is 4.76. The molecule has 0 atom stereocenters. The lowest BCUT2D eigenvalue weighted by Crippen LogP contribution is -2.07. The molecule has 120 valence electrons. The molecule has 0 bridgehead atoms. The number of hydrogen-bond donors (Lipinski definition) is 0. The number of halogens is 5. The predicted molar refractivity (Wildman–Crippen MR) is 79.9 cm³/mol. The average molecular weight is 344 g/mol. The lowest BCUT2D eigenvalue weighted by Gasteiger charge is -2.07. The van der Waals surface area contributed by atoms with Crippen molar-refractivity contribution in [2.45, 2.75) is 6.18 Å². The minimum Gasteiger partial charge on any atom is -0.486 e. The summed E-state index contributed by atoms with van der Waals surface area (Å²) < 4.78 is 71.9. The highest BCUT2D eigenvalue weighted by molar-refractivity contribution is 7.25. The van der Waals surface area contributed by atoms with Gasteiger partial charge in [-0.15, -0.1) is 11.3 Å². The van der Waals surface area contributed by atoms with Crippen molar-refractivity contribution in [3.63, 3.8) is 0 Å². The highest BCUT2D eigenvalue weighted by Crippen LogP contribution is 2.42. The lowest BCUT2D eigenvalue weighted by atomic mass is 10.1. The van der Waals surface area contributed by atoms with Gasteiger partial charge in [0.25, 0.3) is 0 Å². The Morgan fingerprint density at radius 1 is 1.00 bits per heavy atom. The molecule has 1 heterocycles. The highest BCUT2D eigenvalue weighted by atomic mass is 32.1. The van der Waals surface area contributed by atoms with Crippen molar-refractivity contribution in [1.29, 1.82) is 0 Å². The molecule has 0 amide bonds. The molecule has 0 saturated heterocycles. The van der Waals surface area contributed by atoms with Gasteiger partial charge < -0.3 is 4.74 Å². The largest absolute Gasteiger partial charge is 0.486 e. The summed E-state index contributed by atoms with van der Waals surface area (Å²) in [4.78, 5) is 0. The number of thiophene rings is 1. The summed E-state index contributed by atoms with van der Waals surface area (Å²) in [5, 5.41) is 0.589. The Morgan fingerprint density at radius 2 is 1.61 bits per heavy atom. The molecule has 3 aromatic rings. The summed E-state index contributed by atoms with van der Waals surface area (Å²) in [7, 11) is 0. The first-order valence-electron chi connectivity index (χ1n) is 6.48. The maximum Gasteiger partial charge on any atom is 0.419 e. The molecule has 7 heteroatoms. The van der Waals surface area contributed by atoms with Crippen LogP contribution in [-0.2, 0) is 6.18 Å². The van der Waals surface area contributed by atoms with Gasteiger partial charge in [-0.1, -0.05) is 18.7 Å². The zero-order valence-electron chi connectivity index (χ0n) is 11.5. The molecule has 0 unspecified atom stereocenters. The van der Waals surface area contributed by atoms with Gasteiger partial charge in [-0.25, -0.2) is 8.78 Å². The van der Waals surface area contributed by atoms with Crippen LogP contribution in [0.25, 0.3) is 20.2 Å². The van der Waals surface area contributed by atoms with Crippen molar-refractivity contribution in [3.05, 3.63) is 54.1 Å². The Kier molecular flexibility index (Phi) is 3.75. The van der Waals surface area contributed by atoms with Gasteiger partial charge in [0.2, 0.25) is 0 Å². The zero-order chi connectivity index (χ0) is 16.8. The minimum absolute atomic E-state index is 0.0552. The SMILES string of the molecule is C=CCOc1ccc2c(sc3c(F)c(C(F)(F)F)ccc32)c1F. The number of ether oxygens (including phenoxy) is 1. The molecule has 2 aromatic carbocycles. The molecule has 0 aliphatic carbocycles. The monoisotopic (exact) mass is 344 g/mol. The second kappa shape index (κ2) is 5.49. The average Bonchev–Trinajstić information content (AvgIpc) is 2.86. The van der Waals surface area contributed by atoms with E-state index in [1.54, 1.807) is 0 Å². The smallest absolute Gasteiger partial charge is 0.419 e. The minimum atomic E-state index is -4.80. The first-order chi connectivity index (χ1) is 10.8. The first-order valence-corrected chi connectivity index (χ1v) is 7.30. The van der Waals surface area contributed by atoms with E-state index in [1.807, 2.05) is 0 Å². The van der Waals surface area contributed by atoms with Crippen LogP contribution in [0, 0.1) is 11.6 Å². The van der Waals surface area contributed by atoms with Crippen molar-refractivity contribution in [2.24, 2.45) is 0 Å². The third-order valence-electron chi connectivity index (χ3n) is 3.32. The van der Waals surface area contributed by atoms with E-state index in [2.05, 4.69) is 6.58 Å². The van der Waals surface area contributed by atoms with Crippen molar-refractivity contribution >= 4 is 31.5 Å². The quantitative estimate of drug-likeness (QED) is 0.423. The van der Waals surface area contributed by atoms with E-state index in [9.17, 15) is 22.0 Å². The van der Waals surface area contributed by atoms with Crippen molar-refractivity contribution in [1.82, 2.24) is 0 Å². The summed E-state index contributed by atoms with van der Waals surface area (Å²) in [6, 6.07) is 4.69. The van der Waals surface area contributed by atoms with E-state index >= 15 is 0 Å². The van der Waals surface area contributed by atoms with E-state index in [0.717, 1.165) is 6.07 Å². The van der Waals surface area contributed by atoms with Crippen LogP contribution >= 0.6 is 11.3 Å². The molecular formula is C16H9F5OS. The topological polar surface area (TPSA) is 9.23 Å². The molecule has 23 heavy (non-hydrogen) atoms. The van der Waals surface area contributed by atoms with Crippen LogP contribution in [0.3, 0.4) is 0 Å². The molecule has 0 spiro atoms. The van der Waals surface area contributed by atoms with Crippen LogP contribution in [-0.4, -0.2) is 6.61 Å². The van der Waals surface area contributed by atoms with Gasteiger partial charge in [-0.2, -0.15) is 13.2 Å². The van der Waals surface area contributed by atoms with Gasteiger partial charge >= 0.3 is 6.18 Å². The standard InChI is InChI=1S/C16H9F5OS/c1-2-7-22-11-6-4-9-8-3-5-10(16(19,20)21)12(17)14(8)23-15(9)13(11)18/h2-6H,1,7H2. The summed E-state index contributed by atoms with van der Waals surface area (Å²) in [6.45, 7) is 3.53. The Hall–Kier alpha value is -2.15. The summed E-state index contributed by atoms with van der Waals surface area (Å²) in [5.41, 5.74) is -1.36. The van der Waals surface area contributed by atoms with E-state index in [0.29, 0.717) is 22.8 Å². The number of rotatable bonds is 3. The molecule has 0 fully saturated rings. The van der Waals surface area contributed by atoms with Crippen LogP contribution in [0.1, 0.15) is 5.56 Å². The summed E-state index contributed by atoms with van der Waals surface area (Å²) in [6.07, 6.45) is -3.37. The molecular weight excluding hydrogens is 335 g/mol. The second-order valence-corrected chi connectivity index (χ2v) is 5.78. The Morgan fingerprint density at radius 3 is 2.22 bits per heavy atom. The normalized spacial score (nSPS) is 12.0. The van der Waals surface area contributed by atoms with Crippen molar-refractivity contribution in [2.75, 3.05) is 6.61 Å². The maximum atomic E-state index is 14.4. The molecule has 0 saturated carbocycles. The fraction of sp³-hybridized carbons (Fsp3) is 0.125. The fourth-order valence-corrected chi connectivity index (χ4v) is 3.47. The Balaban J connectivity index is 2.27. The molecule has 1 aromatic heterocycles. The summed E-state index contributed by atoms with van der Waals surface area (Å²) >= 11 is 0.637. The molecule has 0 aliphatic rings. The van der Waals surface area contributed by atoms with Crippen molar-refractivity contribution in [3.8, 4) is 5.75 Å². The fourth-order valence-electron chi connectivity index (χ4n) is 2.30. The zero-order valence-corrected chi connectivity index (χ0v) is 12.3. The van der Waals surface area contributed by atoms with Gasteiger partial charge in [0.05, 0.1) is 15.0 Å². The van der Waals surface area contributed by atoms with Gasteiger partial charge in [0.1, 0.15) is 6.61 Å². The van der Waals surface area contributed by atoms with Crippen LogP contribution in [0.4, 0.5) is 22.0 Å². The number of fused-ring (bicyclic) bond motifs is 3. The van der Waals surface area contributed by atoms with E-state index in [1.165, 1.54) is 18.2 Å². The molecule has 0 aliphatic heterocycles. The number of hydrogen-bond acceptors (Lipinski definition) is 2. The predicted octanol–water partition coefficient (Wildman–Crippen LogP) is 5.92. The third kappa shape index (κ3) is 2.55. The van der Waals surface area contributed by atoms with Crippen LogP contribution in [0.5, 0.6) is 5.75 Å². The number of benzene rings is 2. The third-order valence-corrected chi connectivity index (χ3v) is 4.52. The van der Waals surface area contributed by atoms with Gasteiger partial charge in [-0.3, -0.25) is 0 Å². The highest BCUT2D eigenvalue weighted by Gasteiger charge is 2.35. The Labute approximate surface area is 131 Å². The number of alkyl halides is 3. The van der Waals surface area contributed by atoms with Crippen LogP contribution in [0.15, 0.2) is 36.9 Å². The van der Waals surface area contributed by atoms with E-state index in [-0.39, 0.29) is 27.1 Å². The van der Waals surface area contributed by atoms with E-state index < -0.39 is 23.4 Å². The summed E-state index contributed by atoms with van der Waals surface area (Å²) in [5.74, 6) is -2.16. The van der Waals surface area contributed by atoms with Crippen LogP contribution in [0.2, 0.25) is 0 Å². The lowest BCUT2D eigenvalue weighted by molar-refractivity contribution is -0.139. The molecule has 0 radical (unpaired) electrons. The van der Waals surface area contributed by atoms with Gasteiger partial charge in [0.15, 0.2) is 17.4 Å². The first kappa shape index (κ1) is 15.7. The Bertz CT molecular complexity index is 910. The molecule has 1 nitrogen and oxygen atoms in total. The maximum absolute atomic E-state index is 14.4. The van der Waals surface area contributed by atoms with Crippen molar-refractivity contribution < 1.29 is 26.7 Å². The van der Waals surface area contributed by atoms with Gasteiger partial charge in [-0.05, 0) is 18.2 Å². The van der Waals surface area contributed by atoms with Crippen LogP contribution < -0.4 is 4.74 Å². The molecule has 0 N–H and O–H groups in total. The van der Waals surface area contributed by atoms with E-state index in [4.69, 9.17) is 4.74 Å².